The van der Waals surface area contributed by atoms with Crippen LogP contribution in [0.5, 0.6) is 0 Å². The highest BCUT2D eigenvalue weighted by Gasteiger charge is 2.40. The molecule has 0 bridgehead atoms. The third kappa shape index (κ3) is 4.90. The predicted molar refractivity (Wildman–Crippen MR) is 132 cm³/mol. The summed E-state index contributed by atoms with van der Waals surface area (Å²) in [4.78, 5) is 9.07. The van der Waals surface area contributed by atoms with Crippen LogP contribution < -0.4 is 10.6 Å². The van der Waals surface area contributed by atoms with Gasteiger partial charge in [-0.3, -0.25) is 9.78 Å². The number of nitrogens with one attached hydrogen (secondary N) is 3. The topological polar surface area (TPSA) is 117 Å². The molecule has 4 aromatic rings. The first-order chi connectivity index (χ1) is 16.5. The minimum absolute atomic E-state index is 0.106. The predicted octanol–water partition coefficient (Wildman–Crippen LogP) is 4.54. The lowest BCUT2D eigenvalue weighted by Gasteiger charge is -2.10. The number of hydrogen-bond donors (Lipinski definition) is 4. The Morgan fingerprint density at radius 2 is 1.88 bits per heavy atom. The number of halogens is 1. The number of H-pyrrole nitrogens is 1. The van der Waals surface area contributed by atoms with Crippen LogP contribution >= 0.6 is 11.6 Å². The van der Waals surface area contributed by atoms with E-state index >= 15 is 0 Å². The largest absolute Gasteiger partial charge is 0.390 e. The average Bonchev–Trinajstić information content (AvgIpc) is 3.32. The molecule has 1 saturated carbocycles. The highest BCUT2D eigenvalue weighted by Crippen LogP contribution is 2.46. The van der Waals surface area contributed by atoms with E-state index in [0.717, 1.165) is 47.1 Å². The fraction of sp³-hybridized carbons (Fsp3) is 0.333. The van der Waals surface area contributed by atoms with Crippen LogP contribution in [0.3, 0.4) is 0 Å². The van der Waals surface area contributed by atoms with Gasteiger partial charge in [-0.1, -0.05) is 12.1 Å². The maximum Gasteiger partial charge on any atom is 0.153 e. The SMILES string of the molecule is Cc1cc(Nc2ccc(CC3C[C@@H]3n3nc(Nc4cccc(CCl)n4)cc3C)c(CO)n2)n[nH]1. The second-order valence-electron chi connectivity index (χ2n) is 8.68. The maximum atomic E-state index is 9.90. The molecule has 0 aromatic carbocycles. The van der Waals surface area contributed by atoms with Crippen molar-refractivity contribution in [3.8, 4) is 0 Å². The van der Waals surface area contributed by atoms with Gasteiger partial charge in [0, 0.05) is 23.5 Å². The molecule has 0 amide bonds. The van der Waals surface area contributed by atoms with Crippen molar-refractivity contribution in [1.29, 1.82) is 0 Å². The quantitative estimate of drug-likeness (QED) is 0.261. The summed E-state index contributed by atoms with van der Waals surface area (Å²) in [5, 5.41) is 28.2. The van der Waals surface area contributed by atoms with Crippen LogP contribution in [0.1, 0.15) is 40.8 Å². The molecular weight excluding hydrogens is 452 g/mol. The molecule has 0 radical (unpaired) electrons. The summed E-state index contributed by atoms with van der Waals surface area (Å²) in [6, 6.07) is 14.0. The van der Waals surface area contributed by atoms with E-state index in [1.807, 2.05) is 49.4 Å². The van der Waals surface area contributed by atoms with Gasteiger partial charge in [-0.05, 0) is 56.4 Å². The van der Waals surface area contributed by atoms with Gasteiger partial charge < -0.3 is 15.7 Å². The summed E-state index contributed by atoms with van der Waals surface area (Å²) >= 11 is 5.89. The van der Waals surface area contributed by atoms with Gasteiger partial charge in [0.25, 0.3) is 0 Å². The van der Waals surface area contributed by atoms with Gasteiger partial charge in [-0.25, -0.2) is 9.97 Å². The second kappa shape index (κ2) is 9.44. The summed E-state index contributed by atoms with van der Waals surface area (Å²) < 4.78 is 2.08. The maximum absolute atomic E-state index is 9.90. The van der Waals surface area contributed by atoms with Crippen LogP contribution in [0.4, 0.5) is 23.3 Å². The van der Waals surface area contributed by atoms with Crippen molar-refractivity contribution in [2.24, 2.45) is 5.92 Å². The van der Waals surface area contributed by atoms with Crippen molar-refractivity contribution in [3.05, 3.63) is 70.8 Å². The molecule has 2 atom stereocenters. The molecule has 0 spiro atoms. The number of hydrogen-bond acceptors (Lipinski definition) is 7. The Bertz CT molecular complexity index is 1300. The number of aromatic amines is 1. The Kier molecular flexibility index (Phi) is 6.21. The third-order valence-corrected chi connectivity index (χ3v) is 6.26. The van der Waals surface area contributed by atoms with Crippen LogP contribution in [-0.4, -0.2) is 35.1 Å². The zero-order valence-electron chi connectivity index (χ0n) is 19.1. The smallest absolute Gasteiger partial charge is 0.153 e. The van der Waals surface area contributed by atoms with E-state index in [9.17, 15) is 5.11 Å². The van der Waals surface area contributed by atoms with Crippen molar-refractivity contribution in [2.75, 3.05) is 10.6 Å². The number of aromatic nitrogens is 6. The van der Waals surface area contributed by atoms with Crippen molar-refractivity contribution in [2.45, 2.75) is 45.2 Å². The third-order valence-electron chi connectivity index (χ3n) is 5.98. The first kappa shape index (κ1) is 22.4. The van der Waals surface area contributed by atoms with E-state index in [4.69, 9.17) is 16.7 Å². The van der Waals surface area contributed by atoms with Crippen molar-refractivity contribution < 1.29 is 5.11 Å². The summed E-state index contributed by atoms with van der Waals surface area (Å²) in [5.41, 5.74) is 4.63. The lowest BCUT2D eigenvalue weighted by molar-refractivity contribution is 0.275. The first-order valence-corrected chi connectivity index (χ1v) is 11.8. The highest BCUT2D eigenvalue weighted by atomic mass is 35.5. The molecule has 0 saturated heterocycles. The van der Waals surface area contributed by atoms with E-state index < -0.39 is 0 Å². The van der Waals surface area contributed by atoms with E-state index in [2.05, 4.69) is 42.4 Å². The molecule has 1 unspecified atom stereocenters. The van der Waals surface area contributed by atoms with Crippen molar-refractivity contribution >= 4 is 34.9 Å². The van der Waals surface area contributed by atoms with Crippen molar-refractivity contribution in [1.82, 2.24) is 29.9 Å². The Morgan fingerprint density at radius 1 is 1.06 bits per heavy atom. The number of rotatable bonds is 9. The van der Waals surface area contributed by atoms with Gasteiger partial charge in [0.05, 0.1) is 29.9 Å². The Morgan fingerprint density at radius 3 is 2.65 bits per heavy atom. The normalized spacial score (nSPS) is 17.1. The Labute approximate surface area is 202 Å². The number of anilines is 4. The van der Waals surface area contributed by atoms with E-state index in [0.29, 0.717) is 35.2 Å². The summed E-state index contributed by atoms with van der Waals surface area (Å²) in [6.45, 7) is 3.90. The van der Waals surface area contributed by atoms with Crippen LogP contribution in [0.25, 0.3) is 0 Å². The van der Waals surface area contributed by atoms with Gasteiger partial charge in [0.1, 0.15) is 11.6 Å². The fourth-order valence-corrected chi connectivity index (χ4v) is 4.36. The highest BCUT2D eigenvalue weighted by molar-refractivity contribution is 6.16. The van der Waals surface area contributed by atoms with Crippen LogP contribution in [-0.2, 0) is 18.9 Å². The second-order valence-corrected chi connectivity index (χ2v) is 8.94. The molecule has 0 aliphatic heterocycles. The van der Waals surface area contributed by atoms with Gasteiger partial charge in [0.2, 0.25) is 0 Å². The molecule has 10 heteroatoms. The Hall–Kier alpha value is -3.43. The lowest BCUT2D eigenvalue weighted by Crippen LogP contribution is -2.06. The molecule has 1 aliphatic rings. The summed E-state index contributed by atoms with van der Waals surface area (Å²) in [5.74, 6) is 3.68. The summed E-state index contributed by atoms with van der Waals surface area (Å²) in [6.07, 6.45) is 1.89. The molecule has 4 heterocycles. The number of nitrogens with zero attached hydrogens (tertiary/aromatic N) is 5. The average molecular weight is 479 g/mol. The zero-order chi connectivity index (χ0) is 23.7. The number of aliphatic hydroxyl groups is 1. The number of alkyl halides is 1. The lowest BCUT2D eigenvalue weighted by atomic mass is 10.1. The minimum Gasteiger partial charge on any atom is -0.390 e. The van der Waals surface area contributed by atoms with Gasteiger partial charge in [-0.15, -0.1) is 11.6 Å². The zero-order valence-corrected chi connectivity index (χ0v) is 19.8. The molecule has 34 heavy (non-hydrogen) atoms. The standard InChI is InChI=1S/C24H27ClN8O/c1-14-8-23(31-30-14)28-22-7-6-16(19(13-34)27-22)10-17-11-20(17)33-15(2)9-24(32-33)29-21-5-3-4-18(12-25)26-21/h3-9,17,20,34H,10-13H2,1-2H3,(H,26,29,32)(H2,27,28,30,31)/t17?,20-/m0/s1. The molecule has 4 aromatic heterocycles. The molecule has 4 N–H and O–H groups in total. The number of pyridine rings is 2. The van der Waals surface area contributed by atoms with Gasteiger partial charge >= 0.3 is 0 Å². The minimum atomic E-state index is -0.106. The molecule has 5 rings (SSSR count). The molecule has 9 nitrogen and oxygen atoms in total. The van der Waals surface area contributed by atoms with Crippen LogP contribution in [0.2, 0.25) is 0 Å². The molecule has 1 fully saturated rings. The van der Waals surface area contributed by atoms with E-state index in [1.165, 1.54) is 0 Å². The molecule has 1 aliphatic carbocycles. The monoisotopic (exact) mass is 478 g/mol. The first-order valence-electron chi connectivity index (χ1n) is 11.3. The molecular formula is C24H27ClN8O. The molecule has 176 valence electrons. The van der Waals surface area contributed by atoms with Gasteiger partial charge in [0.15, 0.2) is 11.6 Å². The summed E-state index contributed by atoms with van der Waals surface area (Å²) in [7, 11) is 0. The van der Waals surface area contributed by atoms with Crippen LogP contribution in [0.15, 0.2) is 42.5 Å². The number of aryl methyl sites for hydroxylation is 2. The van der Waals surface area contributed by atoms with Crippen LogP contribution in [0, 0.1) is 19.8 Å². The Balaban J connectivity index is 1.24. The fourth-order valence-electron chi connectivity index (χ4n) is 4.21. The van der Waals surface area contributed by atoms with E-state index in [1.54, 1.807) is 0 Å². The number of aliphatic hydroxyl groups excluding tert-OH is 1. The van der Waals surface area contributed by atoms with Crippen molar-refractivity contribution in [3.63, 3.8) is 0 Å². The van der Waals surface area contributed by atoms with E-state index in [-0.39, 0.29) is 6.61 Å². The van der Waals surface area contributed by atoms with Gasteiger partial charge in [-0.2, -0.15) is 10.2 Å².